The molecule has 1 amide bonds. The van der Waals surface area contributed by atoms with Crippen molar-refractivity contribution in [3.8, 4) is 5.75 Å². The first-order chi connectivity index (χ1) is 16.5. The van der Waals surface area contributed by atoms with Crippen LogP contribution in [0.1, 0.15) is 29.8 Å². The highest BCUT2D eigenvalue weighted by Gasteiger charge is 2.22. The van der Waals surface area contributed by atoms with E-state index in [1.165, 1.54) is 22.9 Å². The number of benzene rings is 2. The van der Waals surface area contributed by atoms with Crippen LogP contribution in [0.3, 0.4) is 0 Å². The Bertz CT molecular complexity index is 1130. The van der Waals surface area contributed by atoms with E-state index in [4.69, 9.17) is 9.47 Å². The van der Waals surface area contributed by atoms with Gasteiger partial charge >= 0.3 is 0 Å². The van der Waals surface area contributed by atoms with Gasteiger partial charge in [-0.25, -0.2) is 0 Å². The molecule has 34 heavy (non-hydrogen) atoms. The van der Waals surface area contributed by atoms with Crippen molar-refractivity contribution in [3.63, 3.8) is 0 Å². The van der Waals surface area contributed by atoms with Crippen LogP contribution in [0.25, 0.3) is 0 Å². The molecule has 2 N–H and O–H groups in total. The molecule has 4 rings (SSSR count). The van der Waals surface area contributed by atoms with Crippen molar-refractivity contribution in [1.29, 1.82) is 0 Å². The number of methoxy groups -OCH3 is 1. The highest BCUT2D eigenvalue weighted by Crippen LogP contribution is 2.25. The van der Waals surface area contributed by atoms with Gasteiger partial charge < -0.3 is 24.7 Å². The lowest BCUT2D eigenvalue weighted by Crippen LogP contribution is -2.20. The number of ether oxygens (including phenoxy) is 2. The number of aryl methyl sites for hydroxylation is 2. The number of nitrogens with one attached hydrogen (secondary N) is 2. The Morgan fingerprint density at radius 3 is 2.82 bits per heavy atom. The van der Waals surface area contributed by atoms with E-state index in [1.54, 1.807) is 7.11 Å². The molecule has 1 unspecified atom stereocenters. The summed E-state index contributed by atoms with van der Waals surface area (Å²) in [6.45, 7) is 6.17. The third-order valence-electron chi connectivity index (χ3n) is 5.74. The van der Waals surface area contributed by atoms with Crippen LogP contribution in [-0.4, -0.2) is 46.2 Å². The summed E-state index contributed by atoms with van der Waals surface area (Å²) in [5, 5.41) is 15.9. The van der Waals surface area contributed by atoms with Crippen LogP contribution >= 0.6 is 11.8 Å². The molecule has 1 aliphatic heterocycles. The first kappa shape index (κ1) is 24.1. The van der Waals surface area contributed by atoms with Gasteiger partial charge in [0.05, 0.1) is 37.7 Å². The van der Waals surface area contributed by atoms with Crippen molar-refractivity contribution in [1.82, 2.24) is 14.8 Å². The molecule has 0 saturated carbocycles. The lowest BCUT2D eigenvalue weighted by molar-refractivity contribution is -0.113. The summed E-state index contributed by atoms with van der Waals surface area (Å²) in [6.07, 6.45) is 2.21. The predicted octanol–water partition coefficient (Wildman–Crippen LogP) is 4.43. The summed E-state index contributed by atoms with van der Waals surface area (Å²) in [4.78, 5) is 12.6. The number of nitrogens with zero attached hydrogens (tertiary/aromatic N) is 3. The number of hydrogen-bond donors (Lipinski definition) is 2. The minimum Gasteiger partial charge on any atom is -0.495 e. The Hall–Kier alpha value is -3.04. The van der Waals surface area contributed by atoms with Gasteiger partial charge in [-0.3, -0.25) is 4.79 Å². The number of rotatable bonds is 10. The molecule has 1 aromatic heterocycles. The minimum absolute atomic E-state index is 0.129. The summed E-state index contributed by atoms with van der Waals surface area (Å²) < 4.78 is 13.3. The van der Waals surface area contributed by atoms with Gasteiger partial charge in [0.15, 0.2) is 11.0 Å². The molecule has 0 spiro atoms. The lowest BCUT2D eigenvalue weighted by atomic mass is 10.1. The Morgan fingerprint density at radius 2 is 2.06 bits per heavy atom. The van der Waals surface area contributed by atoms with Crippen molar-refractivity contribution in [2.45, 2.75) is 51.0 Å². The van der Waals surface area contributed by atoms with Gasteiger partial charge in [0.25, 0.3) is 0 Å². The van der Waals surface area contributed by atoms with E-state index in [2.05, 4.69) is 57.4 Å². The second-order valence-electron chi connectivity index (χ2n) is 8.35. The van der Waals surface area contributed by atoms with E-state index >= 15 is 0 Å². The first-order valence-corrected chi connectivity index (χ1v) is 12.4. The third-order valence-corrected chi connectivity index (χ3v) is 6.70. The number of carbonyl (C=O) groups is 1. The fraction of sp³-hybridized carbons (Fsp3) is 0.400. The number of amides is 1. The molecule has 8 nitrogen and oxygen atoms in total. The molecule has 2 heterocycles. The van der Waals surface area contributed by atoms with Crippen LogP contribution in [-0.2, 0) is 22.6 Å². The van der Waals surface area contributed by atoms with Gasteiger partial charge in [0.1, 0.15) is 5.75 Å². The second-order valence-corrected chi connectivity index (χ2v) is 9.30. The SMILES string of the molecule is COc1ccccc1NC(=O)CSc1nnc(CNc2ccc(C)cc2C)n1CC1CCCO1. The van der Waals surface area contributed by atoms with Crippen LogP contribution in [0.2, 0.25) is 0 Å². The van der Waals surface area contributed by atoms with Gasteiger partial charge in [-0.2, -0.15) is 0 Å². The summed E-state index contributed by atoms with van der Waals surface area (Å²) in [6, 6.07) is 13.7. The molecule has 0 aliphatic carbocycles. The maximum Gasteiger partial charge on any atom is 0.234 e. The molecule has 1 atom stereocenters. The molecule has 9 heteroatoms. The molecule has 180 valence electrons. The molecular weight excluding hydrogens is 450 g/mol. The monoisotopic (exact) mass is 481 g/mol. The standard InChI is InChI=1S/C25H31N5O3S/c1-17-10-11-20(18(2)13-17)26-14-23-28-29-25(30(23)15-19-7-6-12-33-19)34-16-24(31)27-21-8-4-5-9-22(21)32-3/h4-5,8-11,13,19,26H,6-7,12,14-16H2,1-3H3,(H,27,31). The summed E-state index contributed by atoms with van der Waals surface area (Å²) in [5.41, 5.74) is 4.14. The van der Waals surface area contributed by atoms with E-state index in [1.807, 2.05) is 24.3 Å². The minimum atomic E-state index is -0.129. The van der Waals surface area contributed by atoms with Crippen LogP contribution < -0.4 is 15.4 Å². The smallest absolute Gasteiger partial charge is 0.234 e. The predicted molar refractivity (Wildman–Crippen MR) is 135 cm³/mol. The van der Waals surface area contributed by atoms with Crippen molar-refractivity contribution >= 4 is 29.0 Å². The fourth-order valence-corrected chi connectivity index (χ4v) is 4.75. The van der Waals surface area contributed by atoms with Crippen LogP contribution in [0.15, 0.2) is 47.6 Å². The van der Waals surface area contributed by atoms with Crippen molar-refractivity contribution in [3.05, 3.63) is 59.4 Å². The highest BCUT2D eigenvalue weighted by atomic mass is 32.2. The van der Waals surface area contributed by atoms with Gasteiger partial charge in [0, 0.05) is 12.3 Å². The highest BCUT2D eigenvalue weighted by molar-refractivity contribution is 7.99. The third kappa shape index (κ3) is 6.09. The zero-order valence-electron chi connectivity index (χ0n) is 19.8. The molecule has 2 aromatic carbocycles. The zero-order valence-corrected chi connectivity index (χ0v) is 20.7. The number of aromatic nitrogens is 3. The number of anilines is 2. The summed E-state index contributed by atoms with van der Waals surface area (Å²) in [7, 11) is 1.58. The maximum atomic E-state index is 12.6. The summed E-state index contributed by atoms with van der Waals surface area (Å²) in [5.74, 6) is 1.54. The van der Waals surface area contributed by atoms with E-state index in [-0.39, 0.29) is 17.8 Å². The Labute approximate surface area is 204 Å². The molecule has 3 aromatic rings. The van der Waals surface area contributed by atoms with E-state index in [0.717, 1.165) is 31.0 Å². The van der Waals surface area contributed by atoms with E-state index in [9.17, 15) is 4.79 Å². The normalized spacial score (nSPS) is 15.3. The van der Waals surface area contributed by atoms with Crippen molar-refractivity contribution < 1.29 is 14.3 Å². The van der Waals surface area contributed by atoms with E-state index in [0.29, 0.717) is 29.7 Å². The number of hydrogen-bond acceptors (Lipinski definition) is 7. The average molecular weight is 482 g/mol. The second kappa shape index (κ2) is 11.4. The molecule has 0 bridgehead atoms. The van der Waals surface area contributed by atoms with Gasteiger partial charge in [-0.05, 0) is 50.5 Å². The van der Waals surface area contributed by atoms with Crippen molar-refractivity contribution in [2.75, 3.05) is 30.1 Å². The lowest BCUT2D eigenvalue weighted by Gasteiger charge is -2.16. The largest absolute Gasteiger partial charge is 0.495 e. The summed E-state index contributed by atoms with van der Waals surface area (Å²) >= 11 is 1.37. The quantitative estimate of drug-likeness (QED) is 0.414. The zero-order chi connectivity index (χ0) is 23.9. The number of carbonyl (C=O) groups excluding carboxylic acids is 1. The molecule has 1 fully saturated rings. The van der Waals surface area contributed by atoms with Crippen LogP contribution in [0, 0.1) is 13.8 Å². The van der Waals surface area contributed by atoms with Gasteiger partial charge in [0.2, 0.25) is 5.91 Å². The van der Waals surface area contributed by atoms with Crippen LogP contribution in [0.5, 0.6) is 5.75 Å². The Balaban J connectivity index is 1.44. The molecule has 0 radical (unpaired) electrons. The van der Waals surface area contributed by atoms with Crippen LogP contribution in [0.4, 0.5) is 11.4 Å². The molecule has 1 saturated heterocycles. The van der Waals surface area contributed by atoms with Gasteiger partial charge in [-0.1, -0.05) is 41.6 Å². The van der Waals surface area contributed by atoms with Crippen molar-refractivity contribution in [2.24, 2.45) is 0 Å². The van der Waals surface area contributed by atoms with Gasteiger partial charge in [-0.15, -0.1) is 10.2 Å². The number of thioether (sulfide) groups is 1. The first-order valence-electron chi connectivity index (χ1n) is 11.4. The van der Waals surface area contributed by atoms with E-state index < -0.39 is 0 Å². The Morgan fingerprint density at radius 1 is 1.21 bits per heavy atom. The molecular formula is C25H31N5O3S. The number of para-hydroxylation sites is 2. The fourth-order valence-electron chi connectivity index (χ4n) is 3.98. The topological polar surface area (TPSA) is 90.3 Å². The average Bonchev–Trinajstić information content (AvgIpc) is 3.48. The molecule has 1 aliphatic rings. The maximum absolute atomic E-state index is 12.6. The Kier molecular flexibility index (Phi) is 8.08.